The lowest BCUT2D eigenvalue weighted by molar-refractivity contribution is -0.145. The van der Waals surface area contributed by atoms with Gasteiger partial charge in [-0.25, -0.2) is 0 Å². The number of carbonyl (C=O) groups excluding carboxylic acids is 1. The lowest BCUT2D eigenvalue weighted by atomic mass is 10.1. The maximum atomic E-state index is 12.2. The topological polar surface area (TPSA) is 88.0 Å². The van der Waals surface area contributed by atoms with Gasteiger partial charge in [-0.15, -0.1) is 0 Å². The van der Waals surface area contributed by atoms with Crippen LogP contribution in [0.5, 0.6) is 11.5 Å². The number of aliphatic hydroxyl groups is 1. The molecule has 0 saturated carbocycles. The predicted molar refractivity (Wildman–Crippen MR) is 98.2 cm³/mol. The van der Waals surface area contributed by atoms with E-state index in [0.29, 0.717) is 12.2 Å². The van der Waals surface area contributed by atoms with E-state index in [1.165, 1.54) is 0 Å². The molecule has 0 heterocycles. The molecule has 6 heteroatoms. The van der Waals surface area contributed by atoms with Crippen LogP contribution in [0.3, 0.4) is 0 Å². The summed E-state index contributed by atoms with van der Waals surface area (Å²) in [5.41, 5.74) is 0.878. The van der Waals surface area contributed by atoms with E-state index in [-0.39, 0.29) is 31.5 Å². The lowest BCUT2D eigenvalue weighted by Crippen LogP contribution is -2.44. The summed E-state index contributed by atoms with van der Waals surface area (Å²) in [6.45, 7) is 2.34. The van der Waals surface area contributed by atoms with E-state index in [2.05, 4.69) is 5.32 Å². The maximum Gasteiger partial charge on any atom is 0.323 e. The maximum absolute atomic E-state index is 12.2. The largest absolute Gasteiger partial charge is 0.508 e. The fourth-order valence-electron chi connectivity index (χ4n) is 2.40. The zero-order chi connectivity index (χ0) is 18.8. The van der Waals surface area contributed by atoms with Crippen LogP contribution in [0.25, 0.3) is 0 Å². The highest BCUT2D eigenvalue weighted by atomic mass is 16.5. The van der Waals surface area contributed by atoms with Crippen molar-refractivity contribution in [3.05, 3.63) is 60.2 Å². The summed E-state index contributed by atoms with van der Waals surface area (Å²) in [6.07, 6.45) is -0.377. The fourth-order valence-corrected chi connectivity index (χ4v) is 2.40. The quantitative estimate of drug-likeness (QED) is 0.562. The van der Waals surface area contributed by atoms with Crippen LogP contribution in [0.15, 0.2) is 54.6 Å². The molecule has 0 aliphatic carbocycles. The second-order valence-corrected chi connectivity index (χ2v) is 5.86. The molecule has 0 radical (unpaired) electrons. The highest BCUT2D eigenvalue weighted by Gasteiger charge is 2.21. The van der Waals surface area contributed by atoms with E-state index >= 15 is 0 Å². The molecule has 1 unspecified atom stereocenters. The molecule has 0 saturated heterocycles. The van der Waals surface area contributed by atoms with Crippen molar-refractivity contribution < 1.29 is 24.5 Å². The van der Waals surface area contributed by atoms with Gasteiger partial charge in [-0.05, 0) is 43.2 Å². The first-order valence-corrected chi connectivity index (χ1v) is 8.62. The number of hydrogen-bond acceptors (Lipinski definition) is 6. The fraction of sp³-hybridized carbons (Fsp3) is 0.350. The minimum atomic E-state index is -0.771. The van der Waals surface area contributed by atoms with Gasteiger partial charge in [-0.2, -0.15) is 0 Å². The van der Waals surface area contributed by atoms with Crippen molar-refractivity contribution >= 4 is 5.97 Å². The van der Waals surface area contributed by atoms with Crippen LogP contribution in [0, 0.1) is 0 Å². The van der Waals surface area contributed by atoms with E-state index in [1.54, 1.807) is 31.2 Å². The minimum Gasteiger partial charge on any atom is -0.508 e. The van der Waals surface area contributed by atoms with Gasteiger partial charge < -0.3 is 25.0 Å². The second-order valence-electron chi connectivity index (χ2n) is 5.86. The summed E-state index contributed by atoms with van der Waals surface area (Å²) in [7, 11) is 0. The molecule has 3 N–H and O–H groups in total. The molecule has 0 aromatic heterocycles. The van der Waals surface area contributed by atoms with Gasteiger partial charge in [0.1, 0.15) is 30.3 Å². The van der Waals surface area contributed by atoms with Crippen molar-refractivity contribution in [3.8, 4) is 11.5 Å². The lowest BCUT2D eigenvalue weighted by Gasteiger charge is -2.20. The Kier molecular flexibility index (Phi) is 7.92. The zero-order valence-corrected chi connectivity index (χ0v) is 14.8. The van der Waals surface area contributed by atoms with Gasteiger partial charge in [0, 0.05) is 6.54 Å². The number of benzene rings is 2. The van der Waals surface area contributed by atoms with Gasteiger partial charge >= 0.3 is 5.97 Å². The average Bonchev–Trinajstić information content (AvgIpc) is 2.66. The molecule has 0 fully saturated rings. The third kappa shape index (κ3) is 6.74. The SMILES string of the molecule is CCOC(=O)[C@H](Cc1ccc(O)cc1)NCC(O)COc1ccccc1. The number of aliphatic hydroxyl groups excluding tert-OH is 1. The number of para-hydroxylation sites is 1. The number of phenols is 1. The van der Waals surface area contributed by atoms with Gasteiger partial charge in [0.05, 0.1) is 6.61 Å². The van der Waals surface area contributed by atoms with Crippen LogP contribution >= 0.6 is 0 Å². The monoisotopic (exact) mass is 359 g/mol. The van der Waals surface area contributed by atoms with E-state index in [0.717, 1.165) is 5.56 Å². The van der Waals surface area contributed by atoms with Gasteiger partial charge in [-0.1, -0.05) is 30.3 Å². The minimum absolute atomic E-state index is 0.117. The van der Waals surface area contributed by atoms with E-state index in [4.69, 9.17) is 9.47 Å². The van der Waals surface area contributed by atoms with Crippen molar-refractivity contribution in [2.75, 3.05) is 19.8 Å². The van der Waals surface area contributed by atoms with Crippen LogP contribution in [-0.2, 0) is 16.0 Å². The van der Waals surface area contributed by atoms with Crippen LogP contribution in [0.2, 0.25) is 0 Å². The van der Waals surface area contributed by atoms with E-state index in [9.17, 15) is 15.0 Å². The molecule has 2 atom stereocenters. The molecule has 140 valence electrons. The molecular weight excluding hydrogens is 334 g/mol. The van der Waals surface area contributed by atoms with Crippen molar-refractivity contribution in [1.29, 1.82) is 0 Å². The molecule has 26 heavy (non-hydrogen) atoms. The molecule has 0 spiro atoms. The van der Waals surface area contributed by atoms with Crippen molar-refractivity contribution in [3.63, 3.8) is 0 Å². The number of phenolic OH excluding ortho intramolecular Hbond substituents is 1. The molecular formula is C20H25NO5. The molecule has 0 amide bonds. The molecule has 0 aliphatic heterocycles. The predicted octanol–water partition coefficient (Wildman–Crippen LogP) is 1.90. The zero-order valence-electron chi connectivity index (χ0n) is 14.8. The Bertz CT molecular complexity index is 660. The van der Waals surface area contributed by atoms with E-state index < -0.39 is 12.1 Å². The highest BCUT2D eigenvalue weighted by Crippen LogP contribution is 2.12. The van der Waals surface area contributed by atoms with Crippen molar-refractivity contribution in [1.82, 2.24) is 5.32 Å². The average molecular weight is 359 g/mol. The first-order chi connectivity index (χ1) is 12.6. The van der Waals surface area contributed by atoms with Gasteiger partial charge in [0.15, 0.2) is 0 Å². The number of rotatable bonds is 10. The normalized spacial score (nSPS) is 13.0. The number of ether oxygens (including phenoxy) is 2. The number of nitrogens with one attached hydrogen (secondary N) is 1. The first-order valence-electron chi connectivity index (χ1n) is 8.62. The van der Waals surface area contributed by atoms with Gasteiger partial charge in [0.2, 0.25) is 0 Å². The molecule has 6 nitrogen and oxygen atoms in total. The Labute approximate surface area is 153 Å². The van der Waals surface area contributed by atoms with E-state index in [1.807, 2.05) is 30.3 Å². The Morgan fingerprint density at radius 1 is 1.12 bits per heavy atom. The second kappa shape index (κ2) is 10.4. The first kappa shape index (κ1) is 19.8. The molecule has 2 aromatic carbocycles. The molecule has 0 aliphatic rings. The van der Waals surface area contributed by atoms with Crippen LogP contribution < -0.4 is 10.1 Å². The number of aromatic hydroxyl groups is 1. The summed E-state index contributed by atoms with van der Waals surface area (Å²) in [6, 6.07) is 15.3. The van der Waals surface area contributed by atoms with Gasteiger partial charge in [-0.3, -0.25) is 4.79 Å². The summed E-state index contributed by atoms with van der Waals surface area (Å²) >= 11 is 0. The standard InChI is InChI=1S/C20H25NO5/c1-2-25-20(24)19(12-15-8-10-16(22)11-9-15)21-13-17(23)14-26-18-6-4-3-5-7-18/h3-11,17,19,21-23H,2,12-14H2,1H3/t17?,19-/m0/s1. The number of carbonyl (C=O) groups is 1. The van der Waals surface area contributed by atoms with Crippen molar-refractivity contribution in [2.45, 2.75) is 25.5 Å². The van der Waals surface area contributed by atoms with Crippen LogP contribution in [0.1, 0.15) is 12.5 Å². The third-order valence-electron chi connectivity index (χ3n) is 3.73. The van der Waals surface area contributed by atoms with Crippen LogP contribution in [0.4, 0.5) is 0 Å². The molecule has 2 rings (SSSR count). The van der Waals surface area contributed by atoms with Gasteiger partial charge in [0.25, 0.3) is 0 Å². The highest BCUT2D eigenvalue weighted by molar-refractivity contribution is 5.76. The summed E-state index contributed by atoms with van der Waals surface area (Å²) in [4.78, 5) is 12.2. The molecule has 2 aromatic rings. The van der Waals surface area contributed by atoms with Crippen molar-refractivity contribution in [2.24, 2.45) is 0 Å². The Morgan fingerprint density at radius 2 is 1.81 bits per heavy atom. The number of hydrogen-bond donors (Lipinski definition) is 3. The smallest absolute Gasteiger partial charge is 0.323 e. The Hall–Kier alpha value is -2.57. The summed E-state index contributed by atoms with van der Waals surface area (Å²) in [5, 5.41) is 22.5. The Balaban J connectivity index is 1.86. The Morgan fingerprint density at radius 3 is 2.46 bits per heavy atom. The number of esters is 1. The summed E-state index contributed by atoms with van der Waals surface area (Å²) < 4.78 is 10.6. The third-order valence-corrected chi connectivity index (χ3v) is 3.73. The molecule has 0 bridgehead atoms. The summed E-state index contributed by atoms with van der Waals surface area (Å²) in [5.74, 6) is 0.470. The van der Waals surface area contributed by atoms with Crippen LogP contribution in [-0.4, -0.2) is 48.1 Å².